The number of aryl methyl sites for hydroxylation is 1. The first-order chi connectivity index (χ1) is 13.0. The molecular weight excluding hydrogens is 344 g/mol. The summed E-state index contributed by atoms with van der Waals surface area (Å²) >= 11 is 0. The lowest BCUT2D eigenvalue weighted by atomic mass is 10.2. The van der Waals surface area contributed by atoms with Crippen LogP contribution in [0.25, 0.3) is 0 Å². The molecule has 27 heavy (non-hydrogen) atoms. The van der Waals surface area contributed by atoms with E-state index in [1.165, 1.54) is 0 Å². The fourth-order valence-corrected chi connectivity index (χ4v) is 3.07. The molecule has 1 fully saturated rings. The Morgan fingerprint density at radius 1 is 1.22 bits per heavy atom. The van der Waals surface area contributed by atoms with Crippen LogP contribution in [0.15, 0.2) is 30.3 Å². The van der Waals surface area contributed by atoms with Gasteiger partial charge in [-0.15, -0.1) is 0 Å². The van der Waals surface area contributed by atoms with Crippen molar-refractivity contribution in [1.82, 2.24) is 14.9 Å². The summed E-state index contributed by atoms with van der Waals surface area (Å²) in [6.07, 6.45) is 0. The van der Waals surface area contributed by atoms with Crippen LogP contribution in [0, 0.1) is 6.92 Å². The number of piperazine rings is 1. The lowest BCUT2D eigenvalue weighted by Gasteiger charge is -2.35. The number of nitrogens with two attached hydrogens (primary N) is 1. The first-order valence-corrected chi connectivity index (χ1v) is 9.14. The van der Waals surface area contributed by atoms with Crippen LogP contribution in [0.1, 0.15) is 12.7 Å². The molecule has 144 valence electrons. The molecule has 1 saturated heterocycles. The van der Waals surface area contributed by atoms with E-state index in [0.717, 1.165) is 43.5 Å². The second-order valence-electron chi connectivity index (χ2n) is 6.48. The van der Waals surface area contributed by atoms with Crippen molar-refractivity contribution in [2.24, 2.45) is 0 Å². The topological polar surface area (TPSA) is 96.6 Å². The Kier molecular flexibility index (Phi) is 6.08. The van der Waals surface area contributed by atoms with E-state index in [4.69, 9.17) is 10.5 Å². The van der Waals surface area contributed by atoms with E-state index in [-0.39, 0.29) is 5.97 Å². The van der Waals surface area contributed by atoms with E-state index >= 15 is 0 Å². The number of carbonyl (C=O) groups is 1. The van der Waals surface area contributed by atoms with Gasteiger partial charge in [-0.2, -0.15) is 0 Å². The van der Waals surface area contributed by atoms with Gasteiger partial charge >= 0.3 is 5.97 Å². The zero-order chi connectivity index (χ0) is 19.2. The van der Waals surface area contributed by atoms with Gasteiger partial charge in [-0.25, -0.2) is 9.97 Å². The maximum absolute atomic E-state index is 11.6. The highest BCUT2D eigenvalue weighted by Crippen LogP contribution is 2.22. The normalized spacial score (nSPS) is 14.8. The number of anilines is 4. The van der Waals surface area contributed by atoms with Crippen molar-refractivity contribution in [3.05, 3.63) is 36.2 Å². The van der Waals surface area contributed by atoms with E-state index in [9.17, 15) is 4.79 Å². The Morgan fingerprint density at radius 3 is 2.70 bits per heavy atom. The molecule has 8 nitrogen and oxygen atoms in total. The number of nitrogen functional groups attached to an aromatic ring is 1. The molecule has 0 bridgehead atoms. The van der Waals surface area contributed by atoms with Gasteiger partial charge in [0, 0.05) is 43.6 Å². The summed E-state index contributed by atoms with van der Waals surface area (Å²) in [4.78, 5) is 25.0. The number of hydrogen-bond donors (Lipinski definition) is 2. The number of rotatable bonds is 6. The standard InChI is InChI=1S/C19H26N6O2/c1-3-27-19(26)13-24-7-9-25(10-8-24)18-12-17(21-14(2)22-18)23-16-6-4-5-15(20)11-16/h4-6,11-12H,3,7-10,13,20H2,1-2H3,(H,21,22,23). The van der Waals surface area contributed by atoms with Crippen LogP contribution in [0.4, 0.5) is 23.0 Å². The van der Waals surface area contributed by atoms with Crippen molar-refractivity contribution in [2.75, 3.05) is 55.3 Å². The van der Waals surface area contributed by atoms with E-state index in [0.29, 0.717) is 24.7 Å². The highest BCUT2D eigenvalue weighted by Gasteiger charge is 2.21. The van der Waals surface area contributed by atoms with Crippen molar-refractivity contribution in [1.29, 1.82) is 0 Å². The van der Waals surface area contributed by atoms with E-state index in [1.54, 1.807) is 0 Å². The van der Waals surface area contributed by atoms with E-state index < -0.39 is 0 Å². The van der Waals surface area contributed by atoms with Crippen molar-refractivity contribution >= 4 is 29.0 Å². The molecule has 0 saturated carbocycles. The molecule has 0 radical (unpaired) electrons. The number of carbonyl (C=O) groups excluding carboxylic acids is 1. The van der Waals surface area contributed by atoms with E-state index in [1.807, 2.05) is 44.2 Å². The Balaban J connectivity index is 1.64. The van der Waals surface area contributed by atoms with Crippen LogP contribution in [-0.2, 0) is 9.53 Å². The molecule has 0 atom stereocenters. The highest BCUT2D eigenvalue weighted by atomic mass is 16.5. The van der Waals surface area contributed by atoms with E-state index in [2.05, 4.69) is 25.1 Å². The van der Waals surface area contributed by atoms with Crippen LogP contribution in [0.2, 0.25) is 0 Å². The minimum absolute atomic E-state index is 0.169. The molecule has 2 heterocycles. The minimum atomic E-state index is -0.169. The fourth-order valence-electron chi connectivity index (χ4n) is 3.07. The molecule has 1 aliphatic rings. The zero-order valence-corrected chi connectivity index (χ0v) is 15.8. The summed E-state index contributed by atoms with van der Waals surface area (Å²) in [6, 6.07) is 9.50. The summed E-state index contributed by atoms with van der Waals surface area (Å²) < 4.78 is 5.02. The Labute approximate surface area is 159 Å². The van der Waals surface area contributed by atoms with Gasteiger partial charge in [0.05, 0.1) is 13.2 Å². The van der Waals surface area contributed by atoms with Gasteiger partial charge in [0.25, 0.3) is 0 Å². The molecular formula is C19H26N6O2. The minimum Gasteiger partial charge on any atom is -0.465 e. The van der Waals surface area contributed by atoms with Crippen LogP contribution in [0.5, 0.6) is 0 Å². The lowest BCUT2D eigenvalue weighted by molar-refractivity contribution is -0.144. The smallest absolute Gasteiger partial charge is 0.320 e. The van der Waals surface area contributed by atoms with Crippen molar-refractivity contribution in [3.63, 3.8) is 0 Å². The molecule has 2 aromatic rings. The predicted octanol–water partition coefficient (Wildman–Crippen LogP) is 1.80. The molecule has 8 heteroatoms. The molecule has 3 rings (SSSR count). The largest absolute Gasteiger partial charge is 0.465 e. The molecule has 0 spiro atoms. The third-order valence-electron chi connectivity index (χ3n) is 4.34. The number of esters is 1. The molecule has 1 aromatic carbocycles. The number of ether oxygens (including phenoxy) is 1. The quantitative estimate of drug-likeness (QED) is 0.587. The van der Waals surface area contributed by atoms with Crippen LogP contribution >= 0.6 is 0 Å². The van der Waals surface area contributed by atoms with Crippen LogP contribution < -0.4 is 16.0 Å². The lowest BCUT2D eigenvalue weighted by Crippen LogP contribution is -2.48. The van der Waals surface area contributed by atoms with Gasteiger partial charge in [0.1, 0.15) is 17.5 Å². The molecule has 0 unspecified atom stereocenters. The maximum atomic E-state index is 11.6. The second-order valence-corrected chi connectivity index (χ2v) is 6.48. The number of benzene rings is 1. The Bertz CT molecular complexity index is 790. The maximum Gasteiger partial charge on any atom is 0.320 e. The van der Waals surface area contributed by atoms with Gasteiger partial charge in [-0.1, -0.05) is 6.07 Å². The van der Waals surface area contributed by atoms with Gasteiger partial charge < -0.3 is 20.7 Å². The van der Waals surface area contributed by atoms with Crippen molar-refractivity contribution in [2.45, 2.75) is 13.8 Å². The van der Waals surface area contributed by atoms with Crippen molar-refractivity contribution < 1.29 is 9.53 Å². The van der Waals surface area contributed by atoms with Gasteiger partial charge in [0.2, 0.25) is 0 Å². The SMILES string of the molecule is CCOC(=O)CN1CCN(c2cc(Nc3cccc(N)c3)nc(C)n2)CC1. The average molecular weight is 370 g/mol. The van der Waals surface area contributed by atoms with Gasteiger partial charge in [0.15, 0.2) is 0 Å². The average Bonchev–Trinajstić information content (AvgIpc) is 2.62. The third kappa shape index (κ3) is 5.30. The monoisotopic (exact) mass is 370 g/mol. The zero-order valence-electron chi connectivity index (χ0n) is 15.8. The first kappa shape index (κ1) is 18.9. The molecule has 0 amide bonds. The van der Waals surface area contributed by atoms with Crippen LogP contribution in [0.3, 0.4) is 0 Å². The fraction of sp³-hybridized carbons (Fsp3) is 0.421. The van der Waals surface area contributed by atoms with Gasteiger partial charge in [-0.3, -0.25) is 9.69 Å². The summed E-state index contributed by atoms with van der Waals surface area (Å²) in [5.41, 5.74) is 7.42. The number of nitrogens with zero attached hydrogens (tertiary/aromatic N) is 4. The van der Waals surface area contributed by atoms with Crippen LogP contribution in [-0.4, -0.2) is 60.2 Å². The summed E-state index contributed by atoms with van der Waals surface area (Å²) in [7, 11) is 0. The number of aromatic nitrogens is 2. The summed E-state index contributed by atoms with van der Waals surface area (Å²) in [5.74, 6) is 2.15. The Hall–Kier alpha value is -2.87. The summed E-state index contributed by atoms with van der Waals surface area (Å²) in [6.45, 7) is 7.64. The number of nitrogens with one attached hydrogen (secondary N) is 1. The molecule has 0 aliphatic carbocycles. The highest BCUT2D eigenvalue weighted by molar-refractivity contribution is 5.71. The molecule has 1 aromatic heterocycles. The molecule has 1 aliphatic heterocycles. The third-order valence-corrected chi connectivity index (χ3v) is 4.34. The van der Waals surface area contributed by atoms with Crippen molar-refractivity contribution in [3.8, 4) is 0 Å². The number of hydrogen-bond acceptors (Lipinski definition) is 8. The predicted molar refractivity (Wildman–Crippen MR) is 106 cm³/mol. The van der Waals surface area contributed by atoms with Gasteiger partial charge in [-0.05, 0) is 32.0 Å². The first-order valence-electron chi connectivity index (χ1n) is 9.14. The Morgan fingerprint density at radius 2 is 2.00 bits per heavy atom. The second kappa shape index (κ2) is 8.68. The molecule has 3 N–H and O–H groups in total. The summed E-state index contributed by atoms with van der Waals surface area (Å²) in [5, 5.41) is 3.28.